The summed E-state index contributed by atoms with van der Waals surface area (Å²) in [6.45, 7) is 8.00. The average molecular weight is 519 g/mol. The summed E-state index contributed by atoms with van der Waals surface area (Å²) < 4.78 is 11.9. The molecule has 5 atom stereocenters. The molecule has 3 aliphatic heterocycles. The molecule has 0 radical (unpaired) electrons. The van der Waals surface area contributed by atoms with Crippen molar-refractivity contribution in [1.82, 2.24) is 4.90 Å². The van der Waals surface area contributed by atoms with E-state index < -0.39 is 35.6 Å². The maximum absolute atomic E-state index is 14.4. The number of rotatable bonds is 11. The van der Waals surface area contributed by atoms with Crippen LogP contribution >= 0.6 is 0 Å². The molecule has 2 aromatic rings. The number of ether oxygens (including phenoxy) is 2. The molecule has 2 amide bonds. The minimum atomic E-state index is -1.12. The van der Waals surface area contributed by atoms with Crippen LogP contribution in [-0.2, 0) is 23.9 Å². The molecule has 2 bridgehead atoms. The van der Waals surface area contributed by atoms with E-state index in [0.29, 0.717) is 31.4 Å². The molecular formula is C30H34N2O6. The van der Waals surface area contributed by atoms with Crippen LogP contribution in [0.5, 0.6) is 0 Å². The molecule has 8 heteroatoms. The van der Waals surface area contributed by atoms with Crippen LogP contribution in [0.25, 0.3) is 10.8 Å². The number of amides is 2. The summed E-state index contributed by atoms with van der Waals surface area (Å²) in [5.41, 5.74) is -0.428. The number of aliphatic hydroxyl groups is 1. The van der Waals surface area contributed by atoms with Gasteiger partial charge in [-0.2, -0.15) is 0 Å². The normalized spacial score (nSPS) is 27.4. The Hall–Kier alpha value is -3.49. The summed E-state index contributed by atoms with van der Waals surface area (Å²) in [4.78, 5) is 44.6. The topological polar surface area (TPSA) is 96.4 Å². The van der Waals surface area contributed by atoms with Crippen LogP contribution in [0.15, 0.2) is 67.8 Å². The summed E-state index contributed by atoms with van der Waals surface area (Å²) in [5.74, 6) is -2.60. The Morgan fingerprint density at radius 1 is 1.18 bits per heavy atom. The van der Waals surface area contributed by atoms with Gasteiger partial charge in [0.1, 0.15) is 11.6 Å². The van der Waals surface area contributed by atoms with Gasteiger partial charge in [0.15, 0.2) is 0 Å². The predicted molar refractivity (Wildman–Crippen MR) is 143 cm³/mol. The molecule has 1 spiro atoms. The SMILES string of the molecule is C=CCCOC(=O)[C@@H]1[C@@H]2CCC3(O2)C(C(=O)N(CC=C)c2ccc4ccccc4c2)N(CCCO)C(=O)[C@H]13. The van der Waals surface area contributed by atoms with E-state index in [2.05, 4.69) is 13.2 Å². The minimum Gasteiger partial charge on any atom is -0.465 e. The fourth-order valence-corrected chi connectivity index (χ4v) is 6.46. The Morgan fingerprint density at radius 2 is 1.97 bits per heavy atom. The van der Waals surface area contributed by atoms with Crippen molar-refractivity contribution < 1.29 is 29.0 Å². The lowest BCUT2D eigenvalue weighted by Gasteiger charge is -2.36. The second kappa shape index (κ2) is 10.7. The molecule has 3 heterocycles. The number of benzene rings is 2. The smallest absolute Gasteiger partial charge is 0.312 e. The highest BCUT2D eigenvalue weighted by atomic mass is 16.6. The van der Waals surface area contributed by atoms with Gasteiger partial charge in [-0.25, -0.2) is 0 Å². The molecule has 0 aliphatic carbocycles. The highest BCUT2D eigenvalue weighted by Gasteiger charge is 2.75. The molecule has 5 rings (SSSR count). The van der Waals surface area contributed by atoms with Gasteiger partial charge in [-0.05, 0) is 48.6 Å². The molecule has 3 fully saturated rings. The molecule has 0 saturated carbocycles. The van der Waals surface area contributed by atoms with E-state index in [1.54, 1.807) is 17.1 Å². The van der Waals surface area contributed by atoms with E-state index in [4.69, 9.17) is 9.47 Å². The summed E-state index contributed by atoms with van der Waals surface area (Å²) in [6, 6.07) is 12.8. The Balaban J connectivity index is 1.52. The number of carbonyl (C=O) groups is 3. The third-order valence-electron chi connectivity index (χ3n) is 8.05. The van der Waals surface area contributed by atoms with Crippen LogP contribution in [0.4, 0.5) is 5.69 Å². The van der Waals surface area contributed by atoms with Gasteiger partial charge >= 0.3 is 5.97 Å². The van der Waals surface area contributed by atoms with Crippen LogP contribution in [-0.4, -0.2) is 71.8 Å². The average Bonchev–Trinajstić information content (AvgIpc) is 3.57. The minimum absolute atomic E-state index is 0.125. The predicted octanol–water partition coefficient (Wildman–Crippen LogP) is 3.24. The van der Waals surface area contributed by atoms with Crippen molar-refractivity contribution in [2.75, 3.05) is 31.2 Å². The first-order chi connectivity index (χ1) is 18.5. The van der Waals surface area contributed by atoms with Crippen LogP contribution in [0.1, 0.15) is 25.7 Å². The van der Waals surface area contributed by atoms with E-state index in [-0.39, 0.29) is 38.1 Å². The summed E-state index contributed by atoms with van der Waals surface area (Å²) in [7, 11) is 0. The molecule has 2 aromatic carbocycles. The van der Waals surface area contributed by atoms with Crippen molar-refractivity contribution in [2.24, 2.45) is 11.8 Å². The van der Waals surface area contributed by atoms with Crippen molar-refractivity contribution in [3.05, 3.63) is 67.8 Å². The number of fused-ring (bicyclic) bond motifs is 2. The number of aliphatic hydroxyl groups excluding tert-OH is 1. The first-order valence-electron chi connectivity index (χ1n) is 13.2. The maximum atomic E-state index is 14.4. The lowest BCUT2D eigenvalue weighted by atomic mass is 9.70. The lowest BCUT2D eigenvalue weighted by molar-refractivity contribution is -0.155. The number of likely N-dealkylation sites (tertiary alicyclic amines) is 1. The van der Waals surface area contributed by atoms with Gasteiger partial charge in [0.25, 0.3) is 5.91 Å². The fraction of sp³-hybridized carbons (Fsp3) is 0.433. The zero-order chi connectivity index (χ0) is 26.9. The number of esters is 1. The van der Waals surface area contributed by atoms with Gasteiger partial charge in [0.2, 0.25) is 5.91 Å². The van der Waals surface area contributed by atoms with E-state index in [0.717, 1.165) is 10.8 Å². The van der Waals surface area contributed by atoms with Crippen LogP contribution in [0.3, 0.4) is 0 Å². The van der Waals surface area contributed by atoms with Crippen LogP contribution in [0.2, 0.25) is 0 Å². The molecule has 3 aliphatic rings. The Bertz CT molecular complexity index is 1260. The third kappa shape index (κ3) is 4.22. The van der Waals surface area contributed by atoms with Crippen molar-refractivity contribution in [1.29, 1.82) is 0 Å². The molecule has 38 heavy (non-hydrogen) atoms. The van der Waals surface area contributed by atoms with Gasteiger partial charge in [-0.15, -0.1) is 13.2 Å². The second-order valence-corrected chi connectivity index (χ2v) is 10.2. The van der Waals surface area contributed by atoms with Gasteiger partial charge in [0.05, 0.1) is 24.5 Å². The molecule has 8 nitrogen and oxygen atoms in total. The van der Waals surface area contributed by atoms with Gasteiger partial charge in [-0.3, -0.25) is 14.4 Å². The van der Waals surface area contributed by atoms with Gasteiger partial charge < -0.3 is 24.4 Å². The van der Waals surface area contributed by atoms with E-state index in [1.165, 1.54) is 4.90 Å². The van der Waals surface area contributed by atoms with Crippen LogP contribution in [0, 0.1) is 11.8 Å². The molecule has 0 aromatic heterocycles. The second-order valence-electron chi connectivity index (χ2n) is 10.2. The number of carbonyl (C=O) groups excluding carboxylic acids is 3. The van der Waals surface area contributed by atoms with Crippen LogP contribution < -0.4 is 4.90 Å². The summed E-state index contributed by atoms with van der Waals surface area (Å²) in [5, 5.41) is 11.6. The molecule has 200 valence electrons. The quantitative estimate of drug-likeness (QED) is 0.279. The number of hydrogen-bond donors (Lipinski definition) is 1. The molecular weight excluding hydrogens is 484 g/mol. The Morgan fingerprint density at radius 3 is 2.71 bits per heavy atom. The first kappa shape index (κ1) is 26.1. The highest BCUT2D eigenvalue weighted by Crippen LogP contribution is 2.59. The zero-order valence-corrected chi connectivity index (χ0v) is 21.5. The van der Waals surface area contributed by atoms with Crippen molar-refractivity contribution in [3.63, 3.8) is 0 Å². The Labute approximate surface area is 222 Å². The number of anilines is 1. The number of nitrogens with zero attached hydrogens (tertiary/aromatic N) is 2. The summed E-state index contributed by atoms with van der Waals surface area (Å²) in [6.07, 6.45) is 4.75. The molecule has 3 saturated heterocycles. The largest absolute Gasteiger partial charge is 0.465 e. The zero-order valence-electron chi connectivity index (χ0n) is 21.5. The Kier molecular flexibility index (Phi) is 7.36. The van der Waals surface area contributed by atoms with E-state index in [9.17, 15) is 19.5 Å². The third-order valence-corrected chi connectivity index (χ3v) is 8.05. The first-order valence-corrected chi connectivity index (χ1v) is 13.2. The van der Waals surface area contributed by atoms with Crippen molar-refractivity contribution in [3.8, 4) is 0 Å². The number of hydrogen-bond acceptors (Lipinski definition) is 6. The summed E-state index contributed by atoms with van der Waals surface area (Å²) >= 11 is 0. The maximum Gasteiger partial charge on any atom is 0.312 e. The van der Waals surface area contributed by atoms with E-state index >= 15 is 0 Å². The molecule has 1 N–H and O–H groups in total. The standard InChI is InChI=1S/C30H34N2O6/c1-3-5-18-37-29(36)24-23-13-14-30(38-23)25(24)27(34)32(16-8-17-33)26(30)28(35)31(15-4-2)22-12-11-20-9-6-7-10-21(20)19-22/h3-4,6-7,9-12,19,23-26,33H,1-2,5,8,13-18H2/t23-,24+,25-,26?,30?/m0/s1. The van der Waals surface area contributed by atoms with Gasteiger partial charge in [0, 0.05) is 25.4 Å². The highest BCUT2D eigenvalue weighted by molar-refractivity contribution is 6.05. The fourth-order valence-electron chi connectivity index (χ4n) is 6.46. The van der Waals surface area contributed by atoms with E-state index in [1.807, 2.05) is 42.5 Å². The van der Waals surface area contributed by atoms with Gasteiger partial charge in [-0.1, -0.05) is 42.5 Å². The monoisotopic (exact) mass is 518 g/mol. The van der Waals surface area contributed by atoms with Crippen molar-refractivity contribution in [2.45, 2.75) is 43.4 Å². The van der Waals surface area contributed by atoms with Crippen molar-refractivity contribution >= 4 is 34.2 Å². The molecule has 2 unspecified atom stereocenters. The lowest BCUT2D eigenvalue weighted by Crippen LogP contribution is -2.56.